The predicted molar refractivity (Wildman–Crippen MR) is 126 cm³/mol. The summed E-state index contributed by atoms with van der Waals surface area (Å²) in [6, 6.07) is 2.02. The second-order valence-electron chi connectivity index (χ2n) is 7.17. The van der Waals surface area contributed by atoms with E-state index in [1.807, 2.05) is 18.0 Å². The lowest BCUT2D eigenvalue weighted by molar-refractivity contribution is -0.122. The van der Waals surface area contributed by atoms with E-state index < -0.39 is 0 Å². The van der Waals surface area contributed by atoms with Crippen LogP contribution >= 0.6 is 24.0 Å². The molecule has 0 spiro atoms. The van der Waals surface area contributed by atoms with Gasteiger partial charge in [0.05, 0.1) is 4.91 Å². The summed E-state index contributed by atoms with van der Waals surface area (Å²) in [7, 11) is 5.20. The van der Waals surface area contributed by atoms with E-state index in [4.69, 9.17) is 17.0 Å². The Kier molecular flexibility index (Phi) is 8.65. The van der Waals surface area contributed by atoms with E-state index in [0.29, 0.717) is 45.7 Å². The Labute approximate surface area is 187 Å². The van der Waals surface area contributed by atoms with Gasteiger partial charge in [-0.3, -0.25) is 19.1 Å². The van der Waals surface area contributed by atoms with Gasteiger partial charge in [0.1, 0.15) is 21.8 Å². The van der Waals surface area contributed by atoms with Gasteiger partial charge in [-0.1, -0.05) is 37.3 Å². The van der Waals surface area contributed by atoms with Crippen molar-refractivity contribution in [1.82, 2.24) is 9.47 Å². The van der Waals surface area contributed by atoms with Crippen LogP contribution < -0.4 is 10.5 Å². The largest absolute Gasteiger partial charge is 0.385 e. The minimum absolute atomic E-state index is 0.0898. The van der Waals surface area contributed by atoms with Crippen molar-refractivity contribution in [2.24, 2.45) is 7.05 Å². The number of pyridine rings is 1. The molecular formula is C21H28N4O3S2. The van der Waals surface area contributed by atoms with Gasteiger partial charge in [-0.25, -0.2) is 0 Å². The summed E-state index contributed by atoms with van der Waals surface area (Å²) in [6.45, 7) is 5.66. The molecule has 2 heterocycles. The van der Waals surface area contributed by atoms with Crippen LogP contribution in [0.4, 0.5) is 5.82 Å². The third-order valence-electron chi connectivity index (χ3n) is 5.06. The molecule has 7 nitrogen and oxygen atoms in total. The van der Waals surface area contributed by atoms with E-state index in [1.165, 1.54) is 16.3 Å². The maximum absolute atomic E-state index is 12.9. The smallest absolute Gasteiger partial charge is 0.270 e. The quantitative estimate of drug-likeness (QED) is 0.326. The molecule has 1 saturated heterocycles. The number of nitriles is 1. The first-order valence-corrected chi connectivity index (χ1v) is 11.1. The number of hydrogen-bond acceptors (Lipinski definition) is 7. The fraction of sp³-hybridized carbons (Fsp3) is 0.524. The molecule has 0 saturated carbocycles. The molecule has 0 bridgehead atoms. The monoisotopic (exact) mass is 448 g/mol. The molecule has 0 atom stereocenters. The number of carbonyl (C=O) groups excluding carboxylic acids is 1. The van der Waals surface area contributed by atoms with Crippen molar-refractivity contribution in [1.29, 1.82) is 5.26 Å². The number of amides is 1. The van der Waals surface area contributed by atoms with Crippen LogP contribution in [-0.2, 0) is 16.6 Å². The van der Waals surface area contributed by atoms with E-state index >= 15 is 0 Å². The lowest BCUT2D eigenvalue weighted by Gasteiger charge is -2.25. The van der Waals surface area contributed by atoms with Crippen LogP contribution in [0, 0.1) is 18.3 Å². The van der Waals surface area contributed by atoms with Crippen LogP contribution in [0.5, 0.6) is 0 Å². The van der Waals surface area contributed by atoms with Crippen molar-refractivity contribution in [3.05, 3.63) is 31.9 Å². The Balaban J connectivity index is 2.56. The molecule has 0 aromatic carbocycles. The standard InChI is InChI=1S/C21H28N4O3S2/c1-6-7-9-23(3)18-15(14(2)16(13-22)19(26)24(18)4)12-17-20(27)25(21(29)30-17)10-8-11-28-5/h12H,6-11H2,1-5H3. The summed E-state index contributed by atoms with van der Waals surface area (Å²) in [5.41, 5.74) is 1.03. The molecule has 30 heavy (non-hydrogen) atoms. The zero-order valence-corrected chi connectivity index (χ0v) is 19.8. The third kappa shape index (κ3) is 4.94. The van der Waals surface area contributed by atoms with E-state index in [2.05, 4.69) is 6.92 Å². The van der Waals surface area contributed by atoms with Gasteiger partial charge in [0.2, 0.25) is 0 Å². The number of methoxy groups -OCH3 is 1. The summed E-state index contributed by atoms with van der Waals surface area (Å²) >= 11 is 6.64. The van der Waals surface area contributed by atoms with E-state index in [9.17, 15) is 14.9 Å². The lowest BCUT2D eigenvalue weighted by Crippen LogP contribution is -2.31. The zero-order chi connectivity index (χ0) is 22.4. The molecule has 0 aliphatic carbocycles. The first-order chi connectivity index (χ1) is 14.3. The molecule has 0 radical (unpaired) electrons. The number of carbonyl (C=O) groups is 1. The number of thioether (sulfide) groups is 1. The molecule has 1 aliphatic heterocycles. The van der Waals surface area contributed by atoms with Gasteiger partial charge in [0.15, 0.2) is 0 Å². The molecule has 2 rings (SSSR count). The number of anilines is 1. The minimum Gasteiger partial charge on any atom is -0.385 e. The molecule has 0 N–H and O–H groups in total. The van der Waals surface area contributed by atoms with Gasteiger partial charge in [0.25, 0.3) is 11.5 Å². The van der Waals surface area contributed by atoms with Gasteiger partial charge in [-0.2, -0.15) is 5.26 Å². The topological polar surface area (TPSA) is 78.6 Å². The molecule has 1 aliphatic rings. The Morgan fingerprint density at radius 3 is 2.63 bits per heavy atom. The van der Waals surface area contributed by atoms with Crippen molar-refractivity contribution in [2.75, 3.05) is 38.8 Å². The summed E-state index contributed by atoms with van der Waals surface area (Å²) in [5, 5.41) is 9.53. The fourth-order valence-electron chi connectivity index (χ4n) is 3.37. The van der Waals surface area contributed by atoms with E-state index in [1.54, 1.807) is 32.1 Å². The van der Waals surface area contributed by atoms with Crippen LogP contribution in [0.3, 0.4) is 0 Å². The molecule has 9 heteroatoms. The minimum atomic E-state index is -0.336. The molecule has 162 valence electrons. The first-order valence-electron chi connectivity index (χ1n) is 9.87. The molecular weight excluding hydrogens is 420 g/mol. The summed E-state index contributed by atoms with van der Waals surface area (Å²) in [4.78, 5) is 29.7. The number of rotatable bonds is 9. The van der Waals surface area contributed by atoms with Gasteiger partial charge < -0.3 is 9.64 Å². The normalized spacial score (nSPS) is 15.2. The summed E-state index contributed by atoms with van der Waals surface area (Å²) in [6.07, 6.45) is 4.44. The Morgan fingerprint density at radius 2 is 2.03 bits per heavy atom. The van der Waals surface area contributed by atoms with Crippen LogP contribution in [0.15, 0.2) is 9.70 Å². The second-order valence-corrected chi connectivity index (χ2v) is 8.84. The number of ether oxygens (including phenoxy) is 1. The number of unbranched alkanes of at least 4 members (excludes halogenated alkanes) is 1. The highest BCUT2D eigenvalue weighted by Gasteiger charge is 2.32. The van der Waals surface area contributed by atoms with Gasteiger partial charge in [-0.15, -0.1) is 0 Å². The molecule has 0 unspecified atom stereocenters. The SMILES string of the molecule is CCCCN(C)c1c(C=C2SC(=S)N(CCCOC)C2=O)c(C)c(C#N)c(=O)n1C. The Bertz CT molecular complexity index is 962. The molecule has 1 aromatic heterocycles. The highest BCUT2D eigenvalue weighted by atomic mass is 32.2. The second kappa shape index (κ2) is 10.8. The van der Waals surface area contributed by atoms with Gasteiger partial charge >= 0.3 is 0 Å². The van der Waals surface area contributed by atoms with Crippen molar-refractivity contribution < 1.29 is 9.53 Å². The van der Waals surface area contributed by atoms with Crippen molar-refractivity contribution >= 4 is 46.1 Å². The van der Waals surface area contributed by atoms with Gasteiger partial charge in [-0.05, 0) is 31.4 Å². The molecule has 1 amide bonds. The van der Waals surface area contributed by atoms with Crippen molar-refractivity contribution in [3.8, 4) is 6.07 Å². The summed E-state index contributed by atoms with van der Waals surface area (Å²) in [5.74, 6) is 0.532. The Hall–Kier alpha value is -2.15. The Morgan fingerprint density at radius 1 is 1.33 bits per heavy atom. The predicted octanol–water partition coefficient (Wildman–Crippen LogP) is 3.04. The fourth-order valence-corrected chi connectivity index (χ4v) is 4.66. The maximum atomic E-state index is 12.9. The summed E-state index contributed by atoms with van der Waals surface area (Å²) < 4.78 is 7.06. The first kappa shape index (κ1) is 24.1. The number of nitrogens with zero attached hydrogens (tertiary/aromatic N) is 4. The maximum Gasteiger partial charge on any atom is 0.270 e. The van der Waals surface area contributed by atoms with Gasteiger partial charge in [0, 0.05) is 46.5 Å². The number of thiocarbonyl (C=S) groups is 1. The molecule has 1 fully saturated rings. The average molecular weight is 449 g/mol. The van der Waals surface area contributed by atoms with Crippen molar-refractivity contribution in [2.45, 2.75) is 33.1 Å². The number of hydrogen-bond donors (Lipinski definition) is 0. The zero-order valence-electron chi connectivity index (χ0n) is 18.2. The van der Waals surface area contributed by atoms with Crippen LogP contribution in [0.1, 0.15) is 42.9 Å². The average Bonchev–Trinajstić information content (AvgIpc) is 2.98. The molecule has 1 aromatic rings. The van der Waals surface area contributed by atoms with Crippen LogP contribution in [0.25, 0.3) is 6.08 Å². The highest BCUT2D eigenvalue weighted by Crippen LogP contribution is 2.35. The van der Waals surface area contributed by atoms with E-state index in [0.717, 1.165) is 19.4 Å². The van der Waals surface area contributed by atoms with Crippen LogP contribution in [-0.4, -0.2) is 53.5 Å². The third-order valence-corrected chi connectivity index (χ3v) is 6.43. The van der Waals surface area contributed by atoms with Crippen LogP contribution in [0.2, 0.25) is 0 Å². The van der Waals surface area contributed by atoms with E-state index in [-0.39, 0.29) is 17.0 Å². The lowest BCUT2D eigenvalue weighted by atomic mass is 10.0. The van der Waals surface area contributed by atoms with Crippen molar-refractivity contribution in [3.63, 3.8) is 0 Å². The highest BCUT2D eigenvalue weighted by molar-refractivity contribution is 8.26. The number of aromatic nitrogens is 1.